The molecule has 1 fully saturated rings. The van der Waals surface area contributed by atoms with Crippen molar-refractivity contribution in [3.8, 4) is 0 Å². The van der Waals surface area contributed by atoms with Crippen molar-refractivity contribution < 1.29 is 10.0 Å². The summed E-state index contributed by atoms with van der Waals surface area (Å²) in [7, 11) is 0. The van der Waals surface area contributed by atoms with Crippen LogP contribution in [0.4, 0.5) is 17.1 Å². The van der Waals surface area contributed by atoms with Crippen LogP contribution in [0.25, 0.3) is 0 Å². The molecule has 1 aromatic carbocycles. The Morgan fingerprint density at radius 1 is 1.44 bits per heavy atom. The molecule has 16 heavy (non-hydrogen) atoms. The number of nitrogen functional groups attached to an aromatic ring is 1. The molecule has 0 amide bonds. The van der Waals surface area contributed by atoms with Gasteiger partial charge in [0.25, 0.3) is 5.69 Å². The molecule has 1 aliphatic carbocycles. The maximum Gasteiger partial charge on any atom is 0.273 e. The van der Waals surface area contributed by atoms with Gasteiger partial charge in [-0.3, -0.25) is 10.1 Å². The number of hydrogen-bond acceptors (Lipinski definition) is 5. The van der Waals surface area contributed by atoms with E-state index in [1.165, 1.54) is 12.1 Å². The first kappa shape index (κ1) is 10.7. The molecule has 1 aromatic rings. The van der Waals surface area contributed by atoms with Crippen LogP contribution in [0.1, 0.15) is 12.8 Å². The van der Waals surface area contributed by atoms with Gasteiger partial charge in [-0.05, 0) is 18.9 Å². The van der Waals surface area contributed by atoms with E-state index in [0.717, 1.165) is 0 Å². The van der Waals surface area contributed by atoms with Crippen LogP contribution in [-0.2, 0) is 0 Å². The number of non-ortho nitro benzene ring substituents is 1. The van der Waals surface area contributed by atoms with Crippen LogP contribution >= 0.6 is 0 Å². The molecule has 0 aromatic heterocycles. The second-order valence-electron chi connectivity index (χ2n) is 4.04. The van der Waals surface area contributed by atoms with Gasteiger partial charge in [-0.25, -0.2) is 0 Å². The third kappa shape index (κ3) is 2.22. The zero-order valence-electron chi connectivity index (χ0n) is 8.59. The summed E-state index contributed by atoms with van der Waals surface area (Å²) in [6, 6.07) is 4.59. The molecule has 0 unspecified atom stereocenters. The number of hydrogen-bond donors (Lipinski definition) is 3. The summed E-state index contributed by atoms with van der Waals surface area (Å²) < 4.78 is 0. The normalized spacial score (nSPS) is 23.6. The number of rotatable bonds is 3. The summed E-state index contributed by atoms with van der Waals surface area (Å²) in [6.07, 6.45) is 1.08. The maximum absolute atomic E-state index is 10.6. The number of nitro groups is 1. The van der Waals surface area contributed by atoms with Gasteiger partial charge in [0.1, 0.15) is 0 Å². The molecule has 0 radical (unpaired) electrons. The average molecular weight is 223 g/mol. The van der Waals surface area contributed by atoms with E-state index in [1.807, 2.05) is 0 Å². The predicted molar refractivity (Wildman–Crippen MR) is 60.2 cm³/mol. The van der Waals surface area contributed by atoms with E-state index < -0.39 is 4.92 Å². The van der Waals surface area contributed by atoms with Crippen LogP contribution in [0.3, 0.4) is 0 Å². The molecule has 0 aliphatic heterocycles. The summed E-state index contributed by atoms with van der Waals surface area (Å²) in [5.41, 5.74) is 6.53. The van der Waals surface area contributed by atoms with E-state index in [4.69, 9.17) is 10.8 Å². The Hall–Kier alpha value is -1.82. The van der Waals surface area contributed by atoms with Crippen molar-refractivity contribution in [2.24, 2.45) is 0 Å². The Labute approximate surface area is 92.2 Å². The molecule has 0 spiro atoms. The molecule has 0 heterocycles. The molecule has 0 bridgehead atoms. The minimum absolute atomic E-state index is 0.0256. The van der Waals surface area contributed by atoms with Crippen molar-refractivity contribution in [3.05, 3.63) is 28.3 Å². The van der Waals surface area contributed by atoms with Gasteiger partial charge in [0.15, 0.2) is 0 Å². The van der Waals surface area contributed by atoms with Crippen molar-refractivity contribution in [2.45, 2.75) is 25.0 Å². The number of anilines is 2. The van der Waals surface area contributed by atoms with E-state index in [2.05, 4.69) is 5.32 Å². The molecule has 2 rings (SSSR count). The van der Waals surface area contributed by atoms with Crippen molar-refractivity contribution in [3.63, 3.8) is 0 Å². The van der Waals surface area contributed by atoms with Crippen LogP contribution in [0.2, 0.25) is 0 Å². The zero-order valence-corrected chi connectivity index (χ0v) is 8.59. The first-order valence-corrected chi connectivity index (χ1v) is 5.04. The van der Waals surface area contributed by atoms with Gasteiger partial charge in [0, 0.05) is 29.5 Å². The lowest BCUT2D eigenvalue weighted by Crippen LogP contribution is -2.38. The van der Waals surface area contributed by atoms with E-state index in [9.17, 15) is 10.1 Å². The minimum atomic E-state index is -0.475. The fourth-order valence-electron chi connectivity index (χ4n) is 1.76. The van der Waals surface area contributed by atoms with Gasteiger partial charge in [-0.1, -0.05) is 0 Å². The quantitative estimate of drug-likeness (QED) is 0.405. The third-order valence-electron chi connectivity index (χ3n) is 2.63. The Balaban J connectivity index is 2.11. The molecule has 0 atom stereocenters. The van der Waals surface area contributed by atoms with E-state index in [1.54, 1.807) is 6.07 Å². The van der Waals surface area contributed by atoms with Crippen LogP contribution < -0.4 is 11.1 Å². The standard InChI is InChI=1S/C10H13N3O3/c11-6-1-7(3-9(2-6)13(15)16)12-8-4-10(14)5-8/h1-3,8,10,12,14H,4-5,11H2. The van der Waals surface area contributed by atoms with Gasteiger partial charge in [-0.2, -0.15) is 0 Å². The number of aliphatic hydroxyl groups excluding tert-OH is 1. The van der Waals surface area contributed by atoms with Gasteiger partial charge in [-0.15, -0.1) is 0 Å². The lowest BCUT2D eigenvalue weighted by Gasteiger charge is -2.32. The highest BCUT2D eigenvalue weighted by Crippen LogP contribution is 2.27. The fraction of sp³-hybridized carbons (Fsp3) is 0.400. The molecule has 86 valence electrons. The van der Waals surface area contributed by atoms with E-state index >= 15 is 0 Å². The summed E-state index contributed by atoms with van der Waals surface area (Å²) >= 11 is 0. The molecule has 4 N–H and O–H groups in total. The molecule has 0 saturated heterocycles. The summed E-state index contributed by atoms with van der Waals surface area (Å²) in [6.45, 7) is 0. The van der Waals surface area contributed by atoms with Gasteiger partial charge in [0.2, 0.25) is 0 Å². The number of nitrogens with two attached hydrogens (primary N) is 1. The average Bonchev–Trinajstić information content (AvgIpc) is 2.14. The highest BCUT2D eigenvalue weighted by Gasteiger charge is 2.27. The van der Waals surface area contributed by atoms with Gasteiger partial charge >= 0.3 is 0 Å². The summed E-state index contributed by atoms with van der Waals surface area (Å²) in [4.78, 5) is 10.1. The second kappa shape index (κ2) is 3.97. The second-order valence-corrected chi connectivity index (χ2v) is 4.04. The van der Waals surface area contributed by atoms with Crippen molar-refractivity contribution in [2.75, 3.05) is 11.1 Å². The Morgan fingerprint density at radius 3 is 2.69 bits per heavy atom. The number of nitro benzene ring substituents is 1. The monoisotopic (exact) mass is 223 g/mol. The Bertz CT molecular complexity index is 416. The van der Waals surface area contributed by atoms with Crippen LogP contribution in [0, 0.1) is 10.1 Å². The number of nitrogens with one attached hydrogen (secondary N) is 1. The number of nitrogens with zero attached hydrogens (tertiary/aromatic N) is 1. The molecular formula is C10H13N3O3. The fourth-order valence-corrected chi connectivity index (χ4v) is 1.76. The first-order chi connectivity index (χ1) is 7.54. The van der Waals surface area contributed by atoms with Crippen molar-refractivity contribution in [1.29, 1.82) is 0 Å². The van der Waals surface area contributed by atoms with Crippen molar-refractivity contribution in [1.82, 2.24) is 0 Å². The van der Waals surface area contributed by atoms with E-state index in [-0.39, 0.29) is 17.8 Å². The molecular weight excluding hydrogens is 210 g/mol. The highest BCUT2D eigenvalue weighted by atomic mass is 16.6. The molecule has 1 aliphatic rings. The summed E-state index contributed by atoms with van der Waals surface area (Å²) in [5.74, 6) is 0. The highest BCUT2D eigenvalue weighted by molar-refractivity contribution is 5.61. The van der Waals surface area contributed by atoms with Crippen LogP contribution in [0.5, 0.6) is 0 Å². The predicted octanol–water partition coefficient (Wildman–Crippen LogP) is 1.11. The first-order valence-electron chi connectivity index (χ1n) is 5.04. The van der Waals surface area contributed by atoms with Crippen LogP contribution in [0.15, 0.2) is 18.2 Å². The molecule has 1 saturated carbocycles. The number of aliphatic hydroxyl groups is 1. The van der Waals surface area contributed by atoms with Gasteiger partial charge in [0.05, 0.1) is 11.0 Å². The zero-order chi connectivity index (χ0) is 11.7. The minimum Gasteiger partial charge on any atom is -0.398 e. The van der Waals surface area contributed by atoms with Gasteiger partial charge < -0.3 is 16.2 Å². The van der Waals surface area contributed by atoms with E-state index in [0.29, 0.717) is 24.2 Å². The Kier molecular flexibility index (Phi) is 2.66. The lowest BCUT2D eigenvalue weighted by molar-refractivity contribution is -0.384. The summed E-state index contributed by atoms with van der Waals surface area (Å²) in [5, 5.41) is 22.8. The molecule has 6 heteroatoms. The molecule has 6 nitrogen and oxygen atoms in total. The smallest absolute Gasteiger partial charge is 0.273 e. The number of benzene rings is 1. The topological polar surface area (TPSA) is 101 Å². The lowest BCUT2D eigenvalue weighted by atomic mass is 9.89. The largest absolute Gasteiger partial charge is 0.398 e. The van der Waals surface area contributed by atoms with Crippen molar-refractivity contribution >= 4 is 17.1 Å². The third-order valence-corrected chi connectivity index (χ3v) is 2.63. The van der Waals surface area contributed by atoms with Crippen LogP contribution in [-0.4, -0.2) is 22.2 Å². The SMILES string of the molecule is Nc1cc(NC2CC(O)C2)cc([N+](=O)[O-])c1. The maximum atomic E-state index is 10.6. The Morgan fingerprint density at radius 2 is 2.12 bits per heavy atom.